The zero-order valence-corrected chi connectivity index (χ0v) is 8.09. The van der Waals surface area contributed by atoms with Gasteiger partial charge in [0.2, 0.25) is 0 Å². The molecule has 0 aliphatic carbocycles. The molecule has 0 aliphatic rings. The Morgan fingerprint density at radius 3 is 2.75 bits per heavy atom. The van der Waals surface area contributed by atoms with Gasteiger partial charge in [0, 0.05) is 11.7 Å². The van der Waals surface area contributed by atoms with E-state index in [1.54, 1.807) is 0 Å². The van der Waals surface area contributed by atoms with Crippen LogP contribution in [0, 0.1) is 5.82 Å². The van der Waals surface area contributed by atoms with Crippen LogP contribution in [-0.4, -0.2) is 11.9 Å². The monoisotopic (exact) mass is 204 g/mol. The summed E-state index contributed by atoms with van der Waals surface area (Å²) in [5.74, 6) is -0.670. The molecule has 1 aromatic rings. The third-order valence-corrected chi connectivity index (χ3v) is 2.10. The van der Waals surface area contributed by atoms with Gasteiger partial charge in [-0.15, -0.1) is 9.24 Å². The molecule has 0 amide bonds. The molecule has 0 saturated heterocycles. The van der Waals surface area contributed by atoms with Crippen LogP contribution in [0.2, 0.25) is 5.02 Å². The highest BCUT2D eigenvalue weighted by Crippen LogP contribution is 2.16. The van der Waals surface area contributed by atoms with Gasteiger partial charge in [0.15, 0.2) is 5.78 Å². The number of halogens is 2. The van der Waals surface area contributed by atoms with E-state index in [1.165, 1.54) is 12.1 Å². The zero-order chi connectivity index (χ0) is 9.14. The number of hydrogen-bond donors (Lipinski definition) is 0. The van der Waals surface area contributed by atoms with Gasteiger partial charge in [-0.25, -0.2) is 4.39 Å². The summed E-state index contributed by atoms with van der Waals surface area (Å²) in [5, 5.41) is 0.0373. The Kier molecular flexibility index (Phi) is 3.19. The SMILES string of the molecule is O=C(CP)c1ccc(Cl)c(F)c1. The Labute approximate surface area is 77.1 Å². The number of carbonyl (C=O) groups is 1. The number of hydrogen-bond acceptors (Lipinski definition) is 1. The maximum Gasteiger partial charge on any atom is 0.166 e. The Morgan fingerprint density at radius 2 is 2.25 bits per heavy atom. The minimum atomic E-state index is -0.555. The molecule has 0 aliphatic heterocycles. The second-order valence-corrected chi connectivity index (χ2v) is 3.07. The summed E-state index contributed by atoms with van der Waals surface area (Å²) in [6.45, 7) is 0. The lowest BCUT2D eigenvalue weighted by atomic mass is 10.1. The normalized spacial score (nSPS) is 9.92. The van der Waals surface area contributed by atoms with Crippen molar-refractivity contribution in [2.24, 2.45) is 0 Å². The summed E-state index contributed by atoms with van der Waals surface area (Å²) in [5.41, 5.74) is 0.354. The van der Waals surface area contributed by atoms with Gasteiger partial charge >= 0.3 is 0 Å². The van der Waals surface area contributed by atoms with Gasteiger partial charge in [-0.1, -0.05) is 11.6 Å². The lowest BCUT2D eigenvalue weighted by molar-refractivity contribution is 0.102. The van der Waals surface area contributed by atoms with Gasteiger partial charge in [0.1, 0.15) is 5.82 Å². The van der Waals surface area contributed by atoms with Crippen molar-refractivity contribution in [3.05, 3.63) is 34.6 Å². The van der Waals surface area contributed by atoms with Crippen molar-refractivity contribution in [1.29, 1.82) is 0 Å². The first-order valence-electron chi connectivity index (χ1n) is 3.33. The molecular formula is C8H7ClFOP. The summed E-state index contributed by atoms with van der Waals surface area (Å²) in [4.78, 5) is 11.0. The molecule has 1 nitrogen and oxygen atoms in total. The Balaban J connectivity index is 3.05. The van der Waals surface area contributed by atoms with E-state index in [-0.39, 0.29) is 10.8 Å². The van der Waals surface area contributed by atoms with Crippen LogP contribution < -0.4 is 0 Å². The van der Waals surface area contributed by atoms with E-state index < -0.39 is 5.82 Å². The van der Waals surface area contributed by atoms with Crippen LogP contribution in [0.5, 0.6) is 0 Å². The molecule has 1 unspecified atom stereocenters. The molecule has 1 aromatic carbocycles. The van der Waals surface area contributed by atoms with Crippen molar-refractivity contribution < 1.29 is 9.18 Å². The molecule has 0 aromatic heterocycles. The first-order chi connectivity index (χ1) is 5.65. The number of Topliss-reactive ketones (excluding diaryl/α,β-unsaturated/α-hetero) is 1. The molecule has 12 heavy (non-hydrogen) atoms. The molecule has 1 atom stereocenters. The van der Waals surface area contributed by atoms with E-state index in [0.29, 0.717) is 11.7 Å². The Hall–Kier alpha value is -0.460. The molecule has 0 N–H and O–H groups in total. The molecule has 0 bridgehead atoms. The van der Waals surface area contributed by atoms with Crippen LogP contribution in [0.1, 0.15) is 10.4 Å². The minimum Gasteiger partial charge on any atom is -0.294 e. The third kappa shape index (κ3) is 2.02. The van der Waals surface area contributed by atoms with Crippen molar-refractivity contribution in [3.63, 3.8) is 0 Å². The van der Waals surface area contributed by atoms with Gasteiger partial charge in [-0.3, -0.25) is 4.79 Å². The fraction of sp³-hybridized carbons (Fsp3) is 0.125. The highest BCUT2D eigenvalue weighted by atomic mass is 35.5. The first-order valence-corrected chi connectivity index (χ1v) is 4.53. The van der Waals surface area contributed by atoms with Crippen molar-refractivity contribution in [2.75, 3.05) is 6.16 Å². The Morgan fingerprint density at radius 1 is 1.58 bits per heavy atom. The standard InChI is InChI=1S/C8H7ClFOP/c9-6-2-1-5(3-7(6)10)8(11)4-12/h1-3H,4,12H2. The molecular weight excluding hydrogens is 198 g/mol. The largest absolute Gasteiger partial charge is 0.294 e. The van der Waals surface area contributed by atoms with E-state index in [0.717, 1.165) is 6.07 Å². The van der Waals surface area contributed by atoms with Crippen molar-refractivity contribution in [3.8, 4) is 0 Å². The van der Waals surface area contributed by atoms with Crippen molar-refractivity contribution >= 4 is 26.6 Å². The topological polar surface area (TPSA) is 17.1 Å². The van der Waals surface area contributed by atoms with Gasteiger partial charge in [-0.05, 0) is 18.2 Å². The highest BCUT2D eigenvalue weighted by Gasteiger charge is 2.06. The van der Waals surface area contributed by atoms with Crippen LogP contribution in [0.3, 0.4) is 0 Å². The highest BCUT2D eigenvalue weighted by molar-refractivity contribution is 7.18. The van der Waals surface area contributed by atoms with E-state index in [1.807, 2.05) is 0 Å². The average Bonchev–Trinajstić information content (AvgIpc) is 2.08. The van der Waals surface area contributed by atoms with Crippen molar-refractivity contribution in [1.82, 2.24) is 0 Å². The lowest BCUT2D eigenvalue weighted by Crippen LogP contribution is -1.99. The molecule has 0 spiro atoms. The number of rotatable bonds is 2. The van der Waals surface area contributed by atoms with Gasteiger partial charge < -0.3 is 0 Å². The molecule has 0 fully saturated rings. The number of ketones is 1. The molecule has 4 heteroatoms. The lowest BCUT2D eigenvalue weighted by Gasteiger charge is -1.98. The number of carbonyl (C=O) groups excluding carboxylic acids is 1. The number of benzene rings is 1. The van der Waals surface area contributed by atoms with E-state index in [4.69, 9.17) is 11.6 Å². The van der Waals surface area contributed by atoms with Crippen LogP contribution in [-0.2, 0) is 0 Å². The zero-order valence-electron chi connectivity index (χ0n) is 6.18. The molecule has 1 rings (SSSR count). The van der Waals surface area contributed by atoms with Crippen molar-refractivity contribution in [2.45, 2.75) is 0 Å². The fourth-order valence-electron chi connectivity index (χ4n) is 0.787. The van der Waals surface area contributed by atoms with Crippen LogP contribution in [0.4, 0.5) is 4.39 Å². The van der Waals surface area contributed by atoms with E-state index in [2.05, 4.69) is 9.24 Å². The molecule has 64 valence electrons. The molecule has 0 radical (unpaired) electrons. The predicted octanol–water partition coefficient (Wildman–Crippen LogP) is 2.54. The maximum atomic E-state index is 12.8. The summed E-state index contributed by atoms with van der Waals surface area (Å²) in [7, 11) is 2.29. The van der Waals surface area contributed by atoms with E-state index in [9.17, 15) is 9.18 Å². The maximum absolute atomic E-state index is 12.8. The van der Waals surface area contributed by atoms with Gasteiger partial charge in [0.25, 0.3) is 0 Å². The summed E-state index contributed by atoms with van der Waals surface area (Å²) in [6.07, 6.45) is 0.293. The Bertz CT molecular complexity index is 314. The predicted molar refractivity (Wildman–Crippen MR) is 50.3 cm³/mol. The first kappa shape index (κ1) is 9.63. The average molecular weight is 205 g/mol. The quantitative estimate of drug-likeness (QED) is 0.535. The summed E-state index contributed by atoms with van der Waals surface area (Å²) >= 11 is 5.44. The fourth-order valence-corrected chi connectivity index (χ4v) is 1.14. The van der Waals surface area contributed by atoms with Gasteiger partial charge in [-0.2, -0.15) is 0 Å². The second kappa shape index (κ2) is 3.97. The van der Waals surface area contributed by atoms with Gasteiger partial charge in [0.05, 0.1) is 5.02 Å². The third-order valence-electron chi connectivity index (χ3n) is 1.43. The van der Waals surface area contributed by atoms with Crippen LogP contribution in [0.25, 0.3) is 0 Å². The summed E-state index contributed by atoms with van der Waals surface area (Å²) < 4.78 is 12.8. The minimum absolute atomic E-state index is 0.0373. The molecule has 0 saturated carbocycles. The molecule has 0 heterocycles. The van der Waals surface area contributed by atoms with Crippen LogP contribution in [0.15, 0.2) is 18.2 Å². The second-order valence-electron chi connectivity index (χ2n) is 2.26. The summed E-state index contributed by atoms with van der Waals surface area (Å²) in [6, 6.07) is 4.04. The smallest absolute Gasteiger partial charge is 0.166 e. The van der Waals surface area contributed by atoms with E-state index >= 15 is 0 Å². The van der Waals surface area contributed by atoms with Crippen LogP contribution >= 0.6 is 20.8 Å².